The Bertz CT molecular complexity index is 822. The number of thiazole rings is 1. The van der Waals surface area contributed by atoms with Gasteiger partial charge in [-0.25, -0.2) is 13.4 Å². The van der Waals surface area contributed by atoms with Crippen molar-refractivity contribution < 1.29 is 8.42 Å². The molecule has 8 heteroatoms. The number of rotatable bonds is 4. The number of hydrogen-bond donors (Lipinski definition) is 0. The molecule has 0 amide bonds. The van der Waals surface area contributed by atoms with E-state index in [4.69, 9.17) is 0 Å². The summed E-state index contributed by atoms with van der Waals surface area (Å²) in [7, 11) is -3.24. The quantitative estimate of drug-likeness (QED) is 0.822. The largest absolute Gasteiger partial charge is 0.297 e. The summed E-state index contributed by atoms with van der Waals surface area (Å²) in [6.45, 7) is 5.15. The fraction of sp³-hybridized carbons (Fsp3) is 0.500. The van der Waals surface area contributed by atoms with Crippen molar-refractivity contribution in [2.75, 3.05) is 19.6 Å². The molecule has 0 radical (unpaired) electrons. The van der Waals surface area contributed by atoms with Crippen molar-refractivity contribution >= 4 is 21.4 Å². The van der Waals surface area contributed by atoms with Crippen molar-refractivity contribution in [3.63, 3.8) is 0 Å². The normalized spacial score (nSPS) is 26.7. The van der Waals surface area contributed by atoms with E-state index in [9.17, 15) is 8.42 Å². The third-order valence-corrected chi connectivity index (χ3v) is 7.89. The van der Waals surface area contributed by atoms with Gasteiger partial charge < -0.3 is 0 Å². The number of pyridine rings is 1. The Kier molecular flexibility index (Phi) is 4.16. The molecule has 0 saturated carbocycles. The van der Waals surface area contributed by atoms with Gasteiger partial charge in [-0.3, -0.25) is 9.88 Å². The Morgan fingerprint density at radius 3 is 2.83 bits per heavy atom. The standard InChI is InChI=1S/C16H20N4O2S2/c1-12-18-15(11-23-12)9-20-8-14-7-19(10-16(14)24(20,21)22)6-13-3-2-4-17-5-13/h2-5,11,14,16H,6-10H2,1H3. The first kappa shape index (κ1) is 16.1. The summed E-state index contributed by atoms with van der Waals surface area (Å²) in [6, 6.07) is 3.95. The summed E-state index contributed by atoms with van der Waals surface area (Å²) in [4.78, 5) is 10.8. The van der Waals surface area contributed by atoms with E-state index in [1.807, 2.05) is 30.6 Å². The van der Waals surface area contributed by atoms with Crippen LogP contribution in [0.25, 0.3) is 0 Å². The van der Waals surface area contributed by atoms with Gasteiger partial charge >= 0.3 is 0 Å². The second kappa shape index (κ2) is 6.18. The monoisotopic (exact) mass is 364 g/mol. The lowest BCUT2D eigenvalue weighted by molar-refractivity contribution is 0.294. The molecule has 0 spiro atoms. The molecule has 4 rings (SSSR count). The average Bonchev–Trinajstić information content (AvgIpc) is 3.19. The molecule has 24 heavy (non-hydrogen) atoms. The average molecular weight is 364 g/mol. The minimum absolute atomic E-state index is 0.186. The maximum Gasteiger partial charge on any atom is 0.218 e. The Balaban J connectivity index is 1.44. The highest BCUT2D eigenvalue weighted by atomic mass is 32.2. The van der Waals surface area contributed by atoms with Crippen LogP contribution in [-0.2, 0) is 23.1 Å². The van der Waals surface area contributed by atoms with Crippen molar-refractivity contribution in [2.45, 2.75) is 25.3 Å². The van der Waals surface area contributed by atoms with Crippen molar-refractivity contribution in [1.29, 1.82) is 0 Å². The Hall–Kier alpha value is -1.35. The van der Waals surface area contributed by atoms with Crippen molar-refractivity contribution in [2.24, 2.45) is 5.92 Å². The number of likely N-dealkylation sites (tertiary alicyclic amines) is 1. The van der Waals surface area contributed by atoms with Crippen LogP contribution in [0, 0.1) is 12.8 Å². The summed E-state index contributed by atoms with van der Waals surface area (Å²) in [5, 5.41) is 2.64. The van der Waals surface area contributed by atoms with Gasteiger partial charge in [0.05, 0.1) is 22.5 Å². The zero-order chi connectivity index (χ0) is 16.7. The summed E-state index contributed by atoms with van der Waals surface area (Å²) < 4.78 is 27.3. The highest BCUT2D eigenvalue weighted by Gasteiger charge is 2.50. The first-order valence-electron chi connectivity index (χ1n) is 8.03. The first-order valence-corrected chi connectivity index (χ1v) is 10.4. The van der Waals surface area contributed by atoms with Crippen molar-refractivity contribution in [3.05, 3.63) is 46.2 Å². The summed E-state index contributed by atoms with van der Waals surface area (Å²) in [5.41, 5.74) is 1.98. The summed E-state index contributed by atoms with van der Waals surface area (Å²) in [5.74, 6) is 0.186. The van der Waals surface area contributed by atoms with E-state index >= 15 is 0 Å². The SMILES string of the molecule is Cc1nc(CN2CC3CN(Cc4cccnc4)CC3S2(=O)=O)cs1. The highest BCUT2D eigenvalue weighted by molar-refractivity contribution is 7.90. The number of hydrogen-bond acceptors (Lipinski definition) is 6. The van der Waals surface area contributed by atoms with Crippen LogP contribution in [0.3, 0.4) is 0 Å². The first-order chi connectivity index (χ1) is 11.5. The summed E-state index contributed by atoms with van der Waals surface area (Å²) in [6.07, 6.45) is 3.60. The predicted molar refractivity (Wildman–Crippen MR) is 93.0 cm³/mol. The molecule has 2 atom stereocenters. The zero-order valence-electron chi connectivity index (χ0n) is 13.5. The number of fused-ring (bicyclic) bond motifs is 1. The van der Waals surface area contributed by atoms with Gasteiger partial charge in [-0.2, -0.15) is 4.31 Å². The molecule has 2 unspecified atom stereocenters. The second-order valence-electron chi connectivity index (χ2n) is 6.55. The third kappa shape index (κ3) is 2.99. The van der Waals surface area contributed by atoms with Crippen LogP contribution in [0.15, 0.2) is 29.9 Å². The number of sulfonamides is 1. The molecule has 2 aromatic heterocycles. The maximum absolute atomic E-state index is 12.8. The Labute approximate surface area is 146 Å². The molecule has 0 bridgehead atoms. The van der Waals surface area contributed by atoms with Crippen LogP contribution < -0.4 is 0 Å². The molecule has 2 saturated heterocycles. The van der Waals surface area contributed by atoms with E-state index in [0.29, 0.717) is 19.6 Å². The van der Waals surface area contributed by atoms with Gasteiger partial charge in [0.15, 0.2) is 0 Å². The Morgan fingerprint density at radius 1 is 1.29 bits per heavy atom. The number of aromatic nitrogens is 2. The molecule has 128 valence electrons. The molecule has 0 aromatic carbocycles. The van der Waals surface area contributed by atoms with E-state index in [0.717, 1.165) is 29.4 Å². The molecular weight excluding hydrogens is 344 g/mol. The molecule has 2 fully saturated rings. The smallest absolute Gasteiger partial charge is 0.218 e. The van der Waals surface area contributed by atoms with Crippen LogP contribution in [0.4, 0.5) is 0 Å². The number of aryl methyl sites for hydroxylation is 1. The van der Waals surface area contributed by atoms with Gasteiger partial charge in [-0.1, -0.05) is 6.07 Å². The molecule has 2 aliphatic rings. The van der Waals surface area contributed by atoms with Crippen molar-refractivity contribution in [1.82, 2.24) is 19.2 Å². The zero-order valence-corrected chi connectivity index (χ0v) is 15.1. The topological polar surface area (TPSA) is 66.4 Å². The van der Waals surface area contributed by atoms with Crippen molar-refractivity contribution in [3.8, 4) is 0 Å². The second-order valence-corrected chi connectivity index (χ2v) is 9.76. The fourth-order valence-corrected chi connectivity index (χ4v) is 6.45. The fourth-order valence-electron chi connectivity index (χ4n) is 3.69. The Morgan fingerprint density at radius 2 is 2.17 bits per heavy atom. The molecule has 2 aromatic rings. The maximum atomic E-state index is 12.8. The van der Waals surface area contributed by atoms with Gasteiger partial charge in [-0.15, -0.1) is 11.3 Å². The van der Waals surface area contributed by atoms with Crippen LogP contribution in [-0.4, -0.2) is 52.5 Å². The number of nitrogens with zero attached hydrogens (tertiary/aromatic N) is 4. The lowest BCUT2D eigenvalue weighted by Crippen LogP contribution is -2.34. The van der Waals surface area contributed by atoms with Crippen LogP contribution in [0.1, 0.15) is 16.3 Å². The lowest BCUT2D eigenvalue weighted by atomic mass is 10.1. The van der Waals surface area contributed by atoms with Crippen LogP contribution in [0.5, 0.6) is 0 Å². The lowest BCUT2D eigenvalue weighted by Gasteiger charge is -2.20. The summed E-state index contributed by atoms with van der Waals surface area (Å²) >= 11 is 1.56. The third-order valence-electron chi connectivity index (χ3n) is 4.77. The molecular formula is C16H20N4O2S2. The van der Waals surface area contributed by atoms with Gasteiger partial charge in [0.1, 0.15) is 0 Å². The molecule has 0 aliphatic carbocycles. The van der Waals surface area contributed by atoms with E-state index in [1.54, 1.807) is 21.8 Å². The molecule has 2 aliphatic heterocycles. The minimum atomic E-state index is -3.24. The highest BCUT2D eigenvalue weighted by Crippen LogP contribution is 2.35. The molecule has 6 nitrogen and oxygen atoms in total. The van der Waals surface area contributed by atoms with Gasteiger partial charge in [-0.05, 0) is 18.6 Å². The van der Waals surface area contributed by atoms with Crippen LogP contribution in [0.2, 0.25) is 0 Å². The van der Waals surface area contributed by atoms with E-state index < -0.39 is 10.0 Å². The van der Waals surface area contributed by atoms with Gasteiger partial charge in [0.2, 0.25) is 10.0 Å². The predicted octanol–water partition coefficient (Wildman–Crippen LogP) is 1.49. The van der Waals surface area contributed by atoms with Crippen LogP contribution >= 0.6 is 11.3 Å². The van der Waals surface area contributed by atoms with E-state index in [2.05, 4.69) is 14.9 Å². The van der Waals surface area contributed by atoms with Gasteiger partial charge in [0, 0.05) is 49.9 Å². The minimum Gasteiger partial charge on any atom is -0.297 e. The van der Waals surface area contributed by atoms with Gasteiger partial charge in [0.25, 0.3) is 0 Å². The molecule has 4 heterocycles. The molecule has 0 N–H and O–H groups in total. The van der Waals surface area contributed by atoms with E-state index in [1.165, 1.54) is 0 Å². The van der Waals surface area contributed by atoms with E-state index in [-0.39, 0.29) is 11.2 Å².